The number of fused-ring (bicyclic) bond motifs is 1. The van der Waals surface area contributed by atoms with Crippen LogP contribution in [0.25, 0.3) is 11.0 Å². The van der Waals surface area contributed by atoms with Crippen molar-refractivity contribution in [3.63, 3.8) is 0 Å². The molecule has 6 heteroatoms. The van der Waals surface area contributed by atoms with Gasteiger partial charge in [0.15, 0.2) is 11.7 Å². The van der Waals surface area contributed by atoms with Crippen molar-refractivity contribution in [1.29, 1.82) is 0 Å². The fourth-order valence-corrected chi connectivity index (χ4v) is 2.29. The van der Waals surface area contributed by atoms with Crippen LogP contribution in [-0.2, 0) is 9.53 Å². The van der Waals surface area contributed by atoms with Gasteiger partial charge in [-0.25, -0.2) is 4.79 Å². The summed E-state index contributed by atoms with van der Waals surface area (Å²) in [6.45, 7) is 7.27. The first-order valence-corrected chi connectivity index (χ1v) is 7.58. The molecule has 1 atom stereocenters. The van der Waals surface area contributed by atoms with E-state index in [0.29, 0.717) is 11.0 Å². The highest BCUT2D eigenvalue weighted by Crippen LogP contribution is 2.24. The van der Waals surface area contributed by atoms with Crippen molar-refractivity contribution in [3.8, 4) is 0 Å². The highest BCUT2D eigenvalue weighted by Gasteiger charge is 2.25. The number of ether oxygens (including phenoxy) is 1. The van der Waals surface area contributed by atoms with Crippen molar-refractivity contribution in [2.45, 2.75) is 26.4 Å². The zero-order chi connectivity index (χ0) is 15.9. The highest BCUT2D eigenvalue weighted by atomic mass is 16.5. The maximum atomic E-state index is 11.9. The first-order chi connectivity index (χ1) is 10.7. The number of carbonyl (C=O) groups excluding carboxylic acids is 1. The minimum absolute atomic E-state index is 0.198. The summed E-state index contributed by atoms with van der Waals surface area (Å²) in [5, 5.41) is 14.5. The van der Waals surface area contributed by atoms with Crippen molar-refractivity contribution in [1.82, 2.24) is 10.1 Å². The van der Waals surface area contributed by atoms with E-state index >= 15 is 0 Å². The maximum absolute atomic E-state index is 11.9. The van der Waals surface area contributed by atoms with Crippen LogP contribution in [0, 0.1) is 0 Å². The number of hydrogen-bond acceptors (Lipinski definition) is 6. The van der Waals surface area contributed by atoms with Crippen LogP contribution in [0.2, 0.25) is 0 Å². The molecule has 2 aromatic rings. The summed E-state index contributed by atoms with van der Waals surface area (Å²) in [5.74, 6) is -0.696. The zero-order valence-corrected chi connectivity index (χ0v) is 13.0. The number of benzene rings is 1. The van der Waals surface area contributed by atoms with Crippen LogP contribution in [0.4, 0.5) is 0 Å². The lowest BCUT2D eigenvalue weighted by molar-refractivity contribution is -0.154. The molecule has 120 valence electrons. The predicted molar refractivity (Wildman–Crippen MR) is 82.3 cm³/mol. The minimum atomic E-state index is -1.42. The molecule has 0 amide bonds. The normalized spacial score (nSPS) is 12.7. The van der Waals surface area contributed by atoms with E-state index in [1.165, 1.54) is 0 Å². The topological polar surface area (TPSA) is 75.8 Å². The molecule has 1 aromatic carbocycles. The van der Waals surface area contributed by atoms with Gasteiger partial charge in [-0.15, -0.1) is 0 Å². The number of aromatic nitrogens is 1. The number of nitrogens with zero attached hydrogens (tertiary/aromatic N) is 2. The predicted octanol–water partition coefficient (Wildman–Crippen LogP) is 2.14. The molecule has 6 nitrogen and oxygen atoms in total. The molecule has 1 heterocycles. The third kappa shape index (κ3) is 3.84. The number of rotatable bonds is 8. The van der Waals surface area contributed by atoms with Gasteiger partial charge in [-0.1, -0.05) is 31.1 Å². The van der Waals surface area contributed by atoms with Gasteiger partial charge in [0, 0.05) is 11.9 Å². The Labute approximate surface area is 129 Å². The number of hydrogen-bond donors (Lipinski definition) is 1. The second-order valence-corrected chi connectivity index (χ2v) is 5.01. The first-order valence-electron chi connectivity index (χ1n) is 7.58. The van der Waals surface area contributed by atoms with Crippen molar-refractivity contribution < 1.29 is 19.2 Å². The monoisotopic (exact) mass is 306 g/mol. The number of para-hydroxylation sites is 1. The van der Waals surface area contributed by atoms with Crippen molar-refractivity contribution in [2.24, 2.45) is 0 Å². The largest absolute Gasteiger partial charge is 0.463 e. The Balaban J connectivity index is 1.87. The fraction of sp³-hybridized carbons (Fsp3) is 0.500. The van der Waals surface area contributed by atoms with E-state index in [9.17, 15) is 9.90 Å². The quantitative estimate of drug-likeness (QED) is 0.595. The van der Waals surface area contributed by atoms with E-state index in [0.717, 1.165) is 26.1 Å². The Bertz CT molecular complexity index is 607. The smallest absolute Gasteiger partial charge is 0.341 e. The molecule has 0 aliphatic heterocycles. The molecule has 0 aliphatic carbocycles. The van der Waals surface area contributed by atoms with Gasteiger partial charge in [-0.05, 0) is 31.6 Å². The van der Waals surface area contributed by atoms with Crippen LogP contribution in [0.3, 0.4) is 0 Å². The molecule has 0 fully saturated rings. The van der Waals surface area contributed by atoms with Gasteiger partial charge in [0.05, 0.1) is 6.61 Å². The summed E-state index contributed by atoms with van der Waals surface area (Å²) in [6.07, 6.45) is -0.684. The van der Waals surface area contributed by atoms with Gasteiger partial charge >= 0.3 is 5.97 Å². The summed E-state index contributed by atoms with van der Waals surface area (Å²) < 4.78 is 10.2. The summed E-state index contributed by atoms with van der Waals surface area (Å²) in [5.41, 5.74) is 0.732. The van der Waals surface area contributed by atoms with Gasteiger partial charge in [-0.3, -0.25) is 0 Å². The van der Waals surface area contributed by atoms with Crippen LogP contribution in [0.1, 0.15) is 32.1 Å². The summed E-state index contributed by atoms with van der Waals surface area (Å²) in [4.78, 5) is 14.1. The molecule has 1 N–H and O–H groups in total. The van der Waals surface area contributed by atoms with Crippen LogP contribution < -0.4 is 0 Å². The maximum Gasteiger partial charge on any atom is 0.341 e. The Hall–Kier alpha value is -1.92. The summed E-state index contributed by atoms with van der Waals surface area (Å²) >= 11 is 0. The number of aliphatic hydroxyl groups excluding tert-OH is 1. The lowest BCUT2D eigenvalue weighted by atomic mass is 10.1. The number of aliphatic hydroxyl groups is 1. The number of esters is 1. The van der Waals surface area contributed by atoms with E-state index < -0.39 is 12.1 Å². The molecule has 0 spiro atoms. The standard InChI is InChI=1S/C16H22N2O4/c1-3-18(4-2)10-7-11-21-16(20)15(19)14-12-8-5-6-9-13(12)22-17-14/h5-6,8-9,15,19H,3-4,7,10-11H2,1-2H3. The number of carbonyl (C=O) groups is 1. The minimum Gasteiger partial charge on any atom is -0.463 e. The molecule has 1 unspecified atom stereocenters. The van der Waals surface area contributed by atoms with Crippen LogP contribution >= 0.6 is 0 Å². The Kier molecular flexibility index (Phi) is 5.91. The lowest BCUT2D eigenvalue weighted by Crippen LogP contribution is -2.25. The lowest BCUT2D eigenvalue weighted by Gasteiger charge is -2.17. The van der Waals surface area contributed by atoms with Crippen molar-refractivity contribution >= 4 is 16.9 Å². The molecular formula is C16H22N2O4. The molecule has 0 saturated heterocycles. The molecule has 1 aromatic heterocycles. The van der Waals surface area contributed by atoms with Crippen LogP contribution in [0.5, 0.6) is 0 Å². The third-order valence-electron chi connectivity index (χ3n) is 3.65. The van der Waals surface area contributed by atoms with Gasteiger partial charge in [-0.2, -0.15) is 0 Å². The second kappa shape index (κ2) is 7.91. The summed E-state index contributed by atoms with van der Waals surface area (Å²) in [6, 6.07) is 7.08. The van der Waals surface area contributed by atoms with Gasteiger partial charge < -0.3 is 19.3 Å². The van der Waals surface area contributed by atoms with Crippen LogP contribution in [0.15, 0.2) is 28.8 Å². The van der Waals surface area contributed by atoms with Gasteiger partial charge in [0.1, 0.15) is 5.69 Å². The molecule has 0 radical (unpaired) electrons. The first kappa shape index (κ1) is 16.5. The van der Waals surface area contributed by atoms with Crippen molar-refractivity contribution in [2.75, 3.05) is 26.2 Å². The molecular weight excluding hydrogens is 284 g/mol. The van der Waals surface area contributed by atoms with E-state index in [1.54, 1.807) is 24.3 Å². The third-order valence-corrected chi connectivity index (χ3v) is 3.65. The Morgan fingerprint density at radius 2 is 2.09 bits per heavy atom. The summed E-state index contributed by atoms with van der Waals surface area (Å²) in [7, 11) is 0. The van der Waals surface area contributed by atoms with E-state index in [4.69, 9.17) is 9.26 Å². The molecule has 0 aliphatic rings. The molecule has 2 rings (SSSR count). The average molecular weight is 306 g/mol. The SMILES string of the molecule is CCN(CC)CCCOC(=O)C(O)c1noc2ccccc12. The Morgan fingerprint density at radius 3 is 2.82 bits per heavy atom. The zero-order valence-electron chi connectivity index (χ0n) is 13.0. The van der Waals surface area contributed by atoms with E-state index in [-0.39, 0.29) is 12.3 Å². The average Bonchev–Trinajstić information content (AvgIpc) is 2.98. The van der Waals surface area contributed by atoms with Crippen molar-refractivity contribution in [3.05, 3.63) is 30.0 Å². The van der Waals surface area contributed by atoms with E-state index in [1.807, 2.05) is 0 Å². The van der Waals surface area contributed by atoms with Gasteiger partial charge in [0.2, 0.25) is 0 Å². The Morgan fingerprint density at radius 1 is 1.36 bits per heavy atom. The molecule has 22 heavy (non-hydrogen) atoms. The van der Waals surface area contributed by atoms with Crippen LogP contribution in [-0.4, -0.2) is 47.4 Å². The molecule has 0 saturated carbocycles. The molecule has 0 bridgehead atoms. The second-order valence-electron chi connectivity index (χ2n) is 5.01. The van der Waals surface area contributed by atoms with Gasteiger partial charge in [0.25, 0.3) is 0 Å². The van der Waals surface area contributed by atoms with E-state index in [2.05, 4.69) is 23.9 Å². The highest BCUT2D eigenvalue weighted by molar-refractivity contribution is 5.86. The fourth-order valence-electron chi connectivity index (χ4n) is 2.29.